The van der Waals surface area contributed by atoms with Crippen LogP contribution >= 0.6 is 11.8 Å². The molecule has 2 heterocycles. The van der Waals surface area contributed by atoms with E-state index >= 15 is 0 Å². The number of nitrogens with one attached hydrogen (secondary N) is 1. The van der Waals surface area contributed by atoms with Gasteiger partial charge in [0.05, 0.1) is 0 Å². The lowest BCUT2D eigenvalue weighted by atomic mass is 10.1. The molecule has 0 aliphatic carbocycles. The molecular formula is C12H16N2O2S. The third-order valence-electron chi connectivity index (χ3n) is 3.17. The molecule has 2 unspecified atom stereocenters. The Kier molecular flexibility index (Phi) is 3.57. The molecule has 0 bridgehead atoms. The molecule has 5 heteroatoms. The Bertz CT molecular complexity index is 472. The van der Waals surface area contributed by atoms with Gasteiger partial charge < -0.3 is 9.88 Å². The zero-order chi connectivity index (χ0) is 12.4. The quantitative estimate of drug-likeness (QED) is 0.820. The summed E-state index contributed by atoms with van der Waals surface area (Å²) in [7, 11) is 0. The first-order valence-corrected chi connectivity index (χ1v) is 6.76. The van der Waals surface area contributed by atoms with Crippen LogP contribution in [0, 0.1) is 0 Å². The topological polar surface area (TPSA) is 53.2 Å². The lowest BCUT2D eigenvalue weighted by molar-refractivity contribution is 0.0698. The smallest absolute Gasteiger partial charge is 0.254 e. The van der Waals surface area contributed by atoms with E-state index in [9.17, 15) is 9.59 Å². The van der Waals surface area contributed by atoms with Crippen molar-refractivity contribution in [1.29, 1.82) is 0 Å². The van der Waals surface area contributed by atoms with Gasteiger partial charge in [-0.15, -0.1) is 0 Å². The fourth-order valence-electron chi connectivity index (χ4n) is 1.96. The lowest BCUT2D eigenvalue weighted by Gasteiger charge is -2.37. The maximum Gasteiger partial charge on any atom is 0.254 e. The van der Waals surface area contributed by atoms with E-state index in [0.29, 0.717) is 10.8 Å². The van der Waals surface area contributed by atoms with Crippen molar-refractivity contribution >= 4 is 17.7 Å². The van der Waals surface area contributed by atoms with Gasteiger partial charge in [-0.05, 0) is 13.0 Å². The van der Waals surface area contributed by atoms with Gasteiger partial charge in [-0.1, -0.05) is 6.92 Å². The largest absolute Gasteiger partial charge is 0.334 e. The first kappa shape index (κ1) is 12.2. The van der Waals surface area contributed by atoms with E-state index in [4.69, 9.17) is 0 Å². The van der Waals surface area contributed by atoms with Crippen molar-refractivity contribution in [2.75, 3.05) is 12.3 Å². The Balaban J connectivity index is 2.22. The van der Waals surface area contributed by atoms with Crippen molar-refractivity contribution in [1.82, 2.24) is 9.88 Å². The van der Waals surface area contributed by atoms with Gasteiger partial charge in [0.25, 0.3) is 5.91 Å². The van der Waals surface area contributed by atoms with Crippen molar-refractivity contribution < 1.29 is 4.79 Å². The highest BCUT2D eigenvalue weighted by Gasteiger charge is 2.29. The molecule has 1 fully saturated rings. The van der Waals surface area contributed by atoms with E-state index in [2.05, 4.69) is 18.8 Å². The molecule has 17 heavy (non-hydrogen) atoms. The first-order chi connectivity index (χ1) is 8.09. The third kappa shape index (κ3) is 2.54. The second-order valence-electron chi connectivity index (χ2n) is 4.26. The highest BCUT2D eigenvalue weighted by Crippen LogP contribution is 2.25. The maximum atomic E-state index is 12.3. The van der Waals surface area contributed by atoms with Gasteiger partial charge in [0.2, 0.25) is 5.56 Å². The van der Waals surface area contributed by atoms with Crippen LogP contribution in [0.4, 0.5) is 0 Å². The molecule has 0 saturated carbocycles. The predicted molar refractivity (Wildman–Crippen MR) is 69.5 cm³/mol. The van der Waals surface area contributed by atoms with Crippen LogP contribution in [0.1, 0.15) is 24.2 Å². The minimum atomic E-state index is -0.233. The number of H-pyrrole nitrogens is 1. The van der Waals surface area contributed by atoms with Gasteiger partial charge in [-0.3, -0.25) is 9.59 Å². The summed E-state index contributed by atoms with van der Waals surface area (Å²) in [6.45, 7) is 4.94. The number of rotatable bonds is 1. The fraction of sp³-hybridized carbons (Fsp3) is 0.500. The SMILES string of the molecule is CC1SCCN(C(=O)c2cc[nH]c(=O)c2)C1C. The zero-order valence-electron chi connectivity index (χ0n) is 9.97. The predicted octanol–water partition coefficient (Wildman–Crippen LogP) is 1.34. The van der Waals surface area contributed by atoms with Crippen LogP contribution in [0.2, 0.25) is 0 Å². The van der Waals surface area contributed by atoms with Gasteiger partial charge in [0, 0.05) is 41.4 Å². The number of pyridine rings is 1. The molecule has 2 atom stereocenters. The second-order valence-corrected chi connectivity index (χ2v) is 5.74. The molecule has 1 aliphatic heterocycles. The Hall–Kier alpha value is -1.23. The highest BCUT2D eigenvalue weighted by molar-refractivity contribution is 8.00. The van der Waals surface area contributed by atoms with Gasteiger partial charge in [-0.25, -0.2) is 0 Å². The van der Waals surface area contributed by atoms with Crippen LogP contribution < -0.4 is 5.56 Å². The Morgan fingerprint density at radius 2 is 2.29 bits per heavy atom. The van der Waals surface area contributed by atoms with Gasteiger partial charge in [0.1, 0.15) is 0 Å². The molecule has 1 amide bonds. The molecule has 1 N–H and O–H groups in total. The van der Waals surface area contributed by atoms with E-state index in [-0.39, 0.29) is 17.5 Å². The number of aromatic amines is 1. The summed E-state index contributed by atoms with van der Waals surface area (Å²) in [5, 5.41) is 0.440. The Labute approximate surface area is 104 Å². The van der Waals surface area contributed by atoms with Crippen LogP contribution in [0.3, 0.4) is 0 Å². The molecule has 92 valence electrons. The Morgan fingerprint density at radius 1 is 1.53 bits per heavy atom. The average molecular weight is 252 g/mol. The molecule has 1 saturated heterocycles. The van der Waals surface area contributed by atoms with Gasteiger partial charge in [-0.2, -0.15) is 11.8 Å². The molecule has 2 rings (SSSR count). The average Bonchev–Trinajstić information content (AvgIpc) is 2.32. The zero-order valence-corrected chi connectivity index (χ0v) is 10.8. The first-order valence-electron chi connectivity index (χ1n) is 5.71. The standard InChI is InChI=1S/C12H16N2O2S/c1-8-9(2)17-6-5-14(8)12(16)10-3-4-13-11(15)7-10/h3-4,7-9H,5-6H2,1-2H3,(H,13,15). The minimum absolute atomic E-state index is 0.0456. The molecule has 1 aromatic heterocycles. The number of carbonyl (C=O) groups is 1. The van der Waals surface area contributed by atoms with E-state index in [0.717, 1.165) is 12.3 Å². The molecule has 4 nitrogen and oxygen atoms in total. The third-order valence-corrected chi connectivity index (χ3v) is 4.50. The number of amides is 1. The van der Waals surface area contributed by atoms with Crippen molar-refractivity contribution in [2.24, 2.45) is 0 Å². The van der Waals surface area contributed by atoms with E-state index in [1.807, 2.05) is 16.7 Å². The summed E-state index contributed by atoms with van der Waals surface area (Å²) in [5.41, 5.74) is 0.239. The lowest BCUT2D eigenvalue weighted by Crippen LogP contribution is -2.48. The van der Waals surface area contributed by atoms with Crippen LogP contribution in [0.5, 0.6) is 0 Å². The van der Waals surface area contributed by atoms with Crippen molar-refractivity contribution in [3.63, 3.8) is 0 Å². The van der Waals surface area contributed by atoms with Crippen molar-refractivity contribution in [3.05, 3.63) is 34.2 Å². The number of aromatic nitrogens is 1. The molecule has 0 spiro atoms. The summed E-state index contributed by atoms with van der Waals surface area (Å²) in [5.74, 6) is 0.913. The Morgan fingerprint density at radius 3 is 3.00 bits per heavy atom. The monoisotopic (exact) mass is 252 g/mol. The van der Waals surface area contributed by atoms with E-state index < -0.39 is 0 Å². The number of hydrogen-bond acceptors (Lipinski definition) is 3. The normalized spacial score (nSPS) is 24.7. The molecule has 1 aliphatic rings. The summed E-state index contributed by atoms with van der Waals surface area (Å²) in [4.78, 5) is 27.8. The summed E-state index contributed by atoms with van der Waals surface area (Å²) in [6.07, 6.45) is 1.52. The van der Waals surface area contributed by atoms with E-state index in [1.54, 1.807) is 6.07 Å². The molecular weight excluding hydrogens is 236 g/mol. The fourth-order valence-corrected chi connectivity index (χ4v) is 3.06. The van der Waals surface area contributed by atoms with Crippen LogP contribution in [0.15, 0.2) is 23.1 Å². The van der Waals surface area contributed by atoms with Crippen molar-refractivity contribution in [2.45, 2.75) is 25.1 Å². The second kappa shape index (κ2) is 4.96. The number of carbonyl (C=O) groups excluding carboxylic acids is 1. The number of hydrogen-bond donors (Lipinski definition) is 1. The van der Waals surface area contributed by atoms with Crippen molar-refractivity contribution in [3.8, 4) is 0 Å². The highest BCUT2D eigenvalue weighted by atomic mass is 32.2. The van der Waals surface area contributed by atoms with Crippen LogP contribution in [-0.4, -0.2) is 39.4 Å². The van der Waals surface area contributed by atoms with E-state index in [1.165, 1.54) is 12.3 Å². The van der Waals surface area contributed by atoms with Crippen LogP contribution in [-0.2, 0) is 0 Å². The van der Waals surface area contributed by atoms with Gasteiger partial charge in [0.15, 0.2) is 0 Å². The summed E-state index contributed by atoms with van der Waals surface area (Å²) < 4.78 is 0. The minimum Gasteiger partial charge on any atom is -0.334 e. The van der Waals surface area contributed by atoms with Crippen LogP contribution in [0.25, 0.3) is 0 Å². The molecule has 1 aromatic rings. The molecule has 0 aromatic carbocycles. The summed E-state index contributed by atoms with van der Waals surface area (Å²) >= 11 is 1.88. The number of nitrogens with zero attached hydrogens (tertiary/aromatic N) is 1. The maximum absolute atomic E-state index is 12.3. The van der Waals surface area contributed by atoms with Gasteiger partial charge >= 0.3 is 0 Å². The summed E-state index contributed by atoms with van der Waals surface area (Å²) in [6, 6.07) is 3.23. The number of thioether (sulfide) groups is 1. The molecule has 0 radical (unpaired) electrons.